The van der Waals surface area contributed by atoms with Crippen LogP contribution in [0.15, 0.2) is 21.6 Å². The number of esters is 2. The Balaban J connectivity index is 3.58. The van der Waals surface area contributed by atoms with Gasteiger partial charge in [-0.1, -0.05) is 19.3 Å². The van der Waals surface area contributed by atoms with Crippen LogP contribution in [0.3, 0.4) is 0 Å². The summed E-state index contributed by atoms with van der Waals surface area (Å²) in [6, 6.07) is 3.92. The first-order valence-electron chi connectivity index (χ1n) is 8.62. The zero-order valence-electron chi connectivity index (χ0n) is 15.5. The van der Waals surface area contributed by atoms with Crippen LogP contribution in [0.5, 0.6) is 0 Å². The first-order chi connectivity index (χ1) is 12.5. The van der Waals surface area contributed by atoms with Crippen molar-refractivity contribution in [3.05, 3.63) is 21.6 Å². The maximum absolute atomic E-state index is 12.2. The second-order valence-corrected chi connectivity index (χ2v) is 6.63. The molecule has 1 atom stereocenters. The van der Waals surface area contributed by atoms with Crippen molar-refractivity contribution in [1.29, 1.82) is 10.5 Å². The van der Waals surface area contributed by atoms with Gasteiger partial charge >= 0.3 is 11.9 Å². The van der Waals surface area contributed by atoms with Crippen molar-refractivity contribution in [2.45, 2.75) is 45.4 Å². The molecule has 0 N–H and O–H groups in total. The van der Waals surface area contributed by atoms with Gasteiger partial charge in [0.2, 0.25) is 0 Å². The molecule has 0 aromatic heterocycles. The van der Waals surface area contributed by atoms with E-state index in [9.17, 15) is 20.1 Å². The number of nitrogens with zero attached hydrogens (tertiary/aromatic N) is 2. The fraction of sp³-hybridized carbons (Fsp3) is 0.579. The minimum absolute atomic E-state index is 0.0212. The third-order valence-electron chi connectivity index (χ3n) is 4.31. The molecule has 1 aliphatic carbocycles. The molecule has 1 rings (SSSR count). The molecule has 0 saturated heterocycles. The normalized spacial score (nSPS) is 20.4. The fourth-order valence-corrected chi connectivity index (χ4v) is 4.01. The molecule has 0 spiro atoms. The van der Waals surface area contributed by atoms with E-state index in [1.165, 1.54) is 18.9 Å². The monoisotopic (exact) mass is 376 g/mol. The number of carbonyl (C=O) groups is 2. The van der Waals surface area contributed by atoms with Crippen molar-refractivity contribution in [3.8, 4) is 12.1 Å². The summed E-state index contributed by atoms with van der Waals surface area (Å²) in [4.78, 5) is 24.9. The van der Waals surface area contributed by atoms with Crippen molar-refractivity contribution < 1.29 is 19.1 Å². The van der Waals surface area contributed by atoms with Crippen molar-refractivity contribution in [1.82, 2.24) is 0 Å². The number of hydrogen-bond donors (Lipinski definition) is 0. The Hall–Kier alpha value is -2.25. The van der Waals surface area contributed by atoms with Gasteiger partial charge in [-0.05, 0) is 38.0 Å². The SMILES string of the molecule is CCOC(=O)/C(C#N)=C(/SC)C1CCCCCC/C1=C(/C#N)C(=O)OC. The maximum atomic E-state index is 12.2. The van der Waals surface area contributed by atoms with Gasteiger partial charge in [-0.3, -0.25) is 0 Å². The molecule has 7 heteroatoms. The van der Waals surface area contributed by atoms with Crippen LogP contribution in [0, 0.1) is 28.6 Å². The number of allylic oxidation sites excluding steroid dienone is 2. The molecule has 0 aromatic rings. The zero-order valence-corrected chi connectivity index (χ0v) is 16.3. The lowest BCUT2D eigenvalue weighted by Gasteiger charge is -2.26. The second-order valence-electron chi connectivity index (χ2n) is 5.78. The number of carbonyl (C=O) groups excluding carboxylic acids is 2. The summed E-state index contributed by atoms with van der Waals surface area (Å²) in [5.41, 5.74) is 0.581. The Labute approximate surface area is 158 Å². The Morgan fingerprint density at radius 1 is 1.15 bits per heavy atom. The van der Waals surface area contributed by atoms with E-state index >= 15 is 0 Å². The fourth-order valence-electron chi connectivity index (χ4n) is 3.13. The second kappa shape index (κ2) is 11.4. The minimum Gasteiger partial charge on any atom is -0.465 e. The molecular weight excluding hydrogens is 352 g/mol. The lowest BCUT2D eigenvalue weighted by molar-refractivity contribution is -0.138. The molecule has 26 heavy (non-hydrogen) atoms. The van der Waals surface area contributed by atoms with Gasteiger partial charge in [0, 0.05) is 10.8 Å². The van der Waals surface area contributed by atoms with Crippen molar-refractivity contribution >= 4 is 23.7 Å². The van der Waals surface area contributed by atoms with E-state index < -0.39 is 11.9 Å². The molecule has 0 bridgehead atoms. The predicted molar refractivity (Wildman–Crippen MR) is 98.6 cm³/mol. The lowest BCUT2D eigenvalue weighted by Crippen LogP contribution is -2.19. The molecule has 6 nitrogen and oxygen atoms in total. The number of thioether (sulfide) groups is 1. The summed E-state index contributed by atoms with van der Waals surface area (Å²) in [7, 11) is 1.24. The van der Waals surface area contributed by atoms with Gasteiger partial charge < -0.3 is 9.47 Å². The molecule has 1 fully saturated rings. The van der Waals surface area contributed by atoms with Gasteiger partial charge in [0.15, 0.2) is 0 Å². The summed E-state index contributed by atoms with van der Waals surface area (Å²) in [5, 5.41) is 19.0. The van der Waals surface area contributed by atoms with Gasteiger partial charge in [0.05, 0.1) is 13.7 Å². The minimum atomic E-state index is -0.678. The maximum Gasteiger partial charge on any atom is 0.349 e. The molecule has 0 heterocycles. The van der Waals surface area contributed by atoms with E-state index in [0.717, 1.165) is 25.7 Å². The van der Waals surface area contributed by atoms with Gasteiger partial charge in [-0.15, -0.1) is 11.8 Å². The molecule has 0 radical (unpaired) electrons. The van der Waals surface area contributed by atoms with Crippen LogP contribution in [0.1, 0.15) is 45.4 Å². The Morgan fingerprint density at radius 2 is 1.85 bits per heavy atom. The van der Waals surface area contributed by atoms with Gasteiger partial charge in [-0.2, -0.15) is 10.5 Å². The largest absolute Gasteiger partial charge is 0.465 e. The standard InChI is InChI=1S/C19H24N2O4S/c1-4-25-19(23)16(12-21)17(26-3)14-10-8-6-5-7-9-13(14)15(11-20)18(22)24-2/h14H,4-10H2,1-3H3/b15-13+,17-16+. The van der Waals surface area contributed by atoms with Crippen LogP contribution in [0.25, 0.3) is 0 Å². The smallest absolute Gasteiger partial charge is 0.349 e. The van der Waals surface area contributed by atoms with Gasteiger partial charge in [0.1, 0.15) is 23.3 Å². The predicted octanol–water partition coefficient (Wildman–Crippen LogP) is 3.65. The Kier molecular flexibility index (Phi) is 9.54. The third-order valence-corrected chi connectivity index (χ3v) is 5.23. The first-order valence-corrected chi connectivity index (χ1v) is 9.84. The number of nitriles is 2. The number of rotatable bonds is 5. The topological polar surface area (TPSA) is 100 Å². The van der Waals surface area contributed by atoms with E-state index in [1.807, 2.05) is 12.1 Å². The van der Waals surface area contributed by atoms with E-state index in [0.29, 0.717) is 23.3 Å². The van der Waals surface area contributed by atoms with E-state index in [4.69, 9.17) is 9.47 Å². The molecule has 0 aromatic carbocycles. The Bertz CT molecular complexity index is 683. The molecule has 0 aliphatic heterocycles. The van der Waals surface area contributed by atoms with Crippen LogP contribution in [-0.2, 0) is 19.1 Å². The number of hydrogen-bond acceptors (Lipinski definition) is 7. The highest BCUT2D eigenvalue weighted by Gasteiger charge is 2.30. The number of methoxy groups -OCH3 is 1. The molecule has 140 valence electrons. The highest BCUT2D eigenvalue weighted by atomic mass is 32.2. The molecule has 1 aliphatic rings. The highest BCUT2D eigenvalue weighted by Crippen LogP contribution is 2.40. The van der Waals surface area contributed by atoms with Crippen LogP contribution in [0.2, 0.25) is 0 Å². The van der Waals surface area contributed by atoms with Crippen LogP contribution in [-0.4, -0.2) is 31.9 Å². The van der Waals surface area contributed by atoms with Crippen molar-refractivity contribution in [2.24, 2.45) is 5.92 Å². The Morgan fingerprint density at radius 3 is 2.38 bits per heavy atom. The summed E-state index contributed by atoms with van der Waals surface area (Å²) < 4.78 is 9.77. The summed E-state index contributed by atoms with van der Waals surface area (Å²) in [6.07, 6.45) is 6.79. The van der Waals surface area contributed by atoms with E-state index in [1.54, 1.807) is 13.2 Å². The van der Waals surface area contributed by atoms with Crippen molar-refractivity contribution in [3.63, 3.8) is 0 Å². The van der Waals surface area contributed by atoms with Crippen LogP contribution < -0.4 is 0 Å². The highest BCUT2D eigenvalue weighted by molar-refractivity contribution is 8.02. The summed E-state index contributed by atoms with van der Waals surface area (Å²) in [5.74, 6) is -1.68. The van der Waals surface area contributed by atoms with Crippen LogP contribution in [0.4, 0.5) is 0 Å². The molecule has 1 unspecified atom stereocenters. The average molecular weight is 376 g/mol. The molecule has 0 amide bonds. The first kappa shape index (κ1) is 21.8. The van der Waals surface area contributed by atoms with Crippen LogP contribution >= 0.6 is 11.8 Å². The van der Waals surface area contributed by atoms with Crippen molar-refractivity contribution in [2.75, 3.05) is 20.0 Å². The lowest BCUT2D eigenvalue weighted by atomic mass is 9.82. The molecular formula is C19H24N2O4S. The molecule has 1 saturated carbocycles. The number of ether oxygens (including phenoxy) is 2. The van der Waals surface area contributed by atoms with E-state index in [2.05, 4.69) is 0 Å². The van der Waals surface area contributed by atoms with Gasteiger partial charge in [0.25, 0.3) is 0 Å². The summed E-state index contributed by atoms with van der Waals surface area (Å²) >= 11 is 1.29. The van der Waals surface area contributed by atoms with E-state index in [-0.39, 0.29) is 23.7 Å². The third kappa shape index (κ3) is 5.37. The summed E-state index contributed by atoms with van der Waals surface area (Å²) in [6.45, 7) is 1.85. The zero-order chi connectivity index (χ0) is 19.5. The average Bonchev–Trinajstić information content (AvgIpc) is 2.62. The van der Waals surface area contributed by atoms with Gasteiger partial charge in [-0.25, -0.2) is 9.59 Å². The quantitative estimate of drug-likeness (QED) is 0.410.